The average molecular weight is 282 g/mol. The molecular weight excluding hydrogens is 265 g/mol. The summed E-state index contributed by atoms with van der Waals surface area (Å²) in [4.78, 5) is 22.4. The van der Waals surface area contributed by atoms with Gasteiger partial charge >= 0.3 is 6.09 Å². The maximum atomic E-state index is 13.7. The topological polar surface area (TPSA) is 78.5 Å². The first-order valence-corrected chi connectivity index (χ1v) is 6.13. The normalized spacial score (nSPS) is 12.6. The van der Waals surface area contributed by atoms with Gasteiger partial charge in [0, 0.05) is 18.0 Å². The van der Waals surface area contributed by atoms with Gasteiger partial charge in [0.1, 0.15) is 11.4 Å². The number of carbonyl (C=O) groups excluding carboxylic acids is 2. The summed E-state index contributed by atoms with van der Waals surface area (Å²) in [7, 11) is 0. The molecule has 0 bridgehead atoms. The highest BCUT2D eigenvalue weighted by molar-refractivity contribution is 5.71. The number of nitrogens with one attached hydrogen (secondary N) is 1. The lowest BCUT2D eigenvalue weighted by molar-refractivity contribution is -0.306. The van der Waals surface area contributed by atoms with Crippen LogP contribution in [0.15, 0.2) is 24.3 Å². The van der Waals surface area contributed by atoms with Crippen molar-refractivity contribution in [2.75, 3.05) is 0 Å². The molecule has 0 aliphatic carbocycles. The largest absolute Gasteiger partial charge is 0.550 e. The summed E-state index contributed by atoms with van der Waals surface area (Å²) in [6, 6.07) is 4.57. The molecule has 1 aromatic carbocycles. The van der Waals surface area contributed by atoms with E-state index in [1.807, 2.05) is 0 Å². The fourth-order valence-electron chi connectivity index (χ4n) is 1.61. The highest BCUT2D eigenvalue weighted by Crippen LogP contribution is 2.20. The van der Waals surface area contributed by atoms with Crippen molar-refractivity contribution in [3.8, 4) is 0 Å². The highest BCUT2D eigenvalue weighted by atomic mass is 19.1. The molecule has 0 aromatic heterocycles. The molecule has 20 heavy (non-hydrogen) atoms. The molecule has 0 spiro atoms. The van der Waals surface area contributed by atoms with Gasteiger partial charge in [0.05, 0.1) is 6.04 Å². The molecule has 1 atom stereocenters. The average Bonchev–Trinajstić information content (AvgIpc) is 2.25. The van der Waals surface area contributed by atoms with Gasteiger partial charge < -0.3 is 20.0 Å². The van der Waals surface area contributed by atoms with Crippen molar-refractivity contribution >= 4 is 12.1 Å². The molecule has 0 saturated carbocycles. The summed E-state index contributed by atoms with van der Waals surface area (Å²) in [6.07, 6.45) is -1.35. The van der Waals surface area contributed by atoms with E-state index in [-0.39, 0.29) is 5.56 Å². The lowest BCUT2D eigenvalue weighted by Gasteiger charge is -2.24. The number of hydrogen-bond acceptors (Lipinski definition) is 4. The van der Waals surface area contributed by atoms with Gasteiger partial charge in [-0.15, -0.1) is 0 Å². The van der Waals surface area contributed by atoms with Gasteiger partial charge in [-0.2, -0.15) is 0 Å². The van der Waals surface area contributed by atoms with Crippen molar-refractivity contribution in [3.63, 3.8) is 0 Å². The van der Waals surface area contributed by atoms with Gasteiger partial charge in [-0.3, -0.25) is 0 Å². The fourth-order valence-corrected chi connectivity index (χ4v) is 1.61. The molecule has 1 rings (SSSR count). The monoisotopic (exact) mass is 282 g/mol. The molecule has 0 saturated heterocycles. The second-order valence-corrected chi connectivity index (χ2v) is 5.30. The van der Waals surface area contributed by atoms with E-state index < -0.39 is 35.9 Å². The zero-order valence-corrected chi connectivity index (χ0v) is 11.6. The Kier molecular flexibility index (Phi) is 5.07. The van der Waals surface area contributed by atoms with Gasteiger partial charge in [-0.25, -0.2) is 9.18 Å². The second kappa shape index (κ2) is 6.36. The van der Waals surface area contributed by atoms with E-state index >= 15 is 0 Å². The predicted molar refractivity (Wildman–Crippen MR) is 68.1 cm³/mol. The lowest BCUT2D eigenvalue weighted by Crippen LogP contribution is -2.38. The number of alkyl carbamates (subject to hydrolysis) is 1. The molecule has 0 radical (unpaired) electrons. The summed E-state index contributed by atoms with van der Waals surface area (Å²) in [5.74, 6) is -2.00. The minimum atomic E-state index is -1.39. The van der Waals surface area contributed by atoms with E-state index in [2.05, 4.69) is 5.32 Å². The molecule has 110 valence electrons. The molecule has 0 aliphatic heterocycles. The van der Waals surface area contributed by atoms with Crippen LogP contribution in [0.1, 0.15) is 38.8 Å². The first-order chi connectivity index (χ1) is 9.19. The number of carboxylic acid groups (broad SMARTS) is 1. The minimum absolute atomic E-state index is 0.0718. The maximum Gasteiger partial charge on any atom is 0.408 e. The van der Waals surface area contributed by atoms with Crippen LogP contribution in [0.3, 0.4) is 0 Å². The molecule has 0 aliphatic rings. The summed E-state index contributed by atoms with van der Waals surface area (Å²) in [5.41, 5.74) is -0.659. The summed E-state index contributed by atoms with van der Waals surface area (Å²) < 4.78 is 18.7. The Morgan fingerprint density at radius 1 is 1.35 bits per heavy atom. The Labute approximate surface area is 116 Å². The zero-order valence-electron chi connectivity index (χ0n) is 11.6. The fraction of sp³-hybridized carbons (Fsp3) is 0.429. The molecule has 1 N–H and O–H groups in total. The summed E-state index contributed by atoms with van der Waals surface area (Å²) >= 11 is 0. The number of halogens is 1. The van der Waals surface area contributed by atoms with Gasteiger partial charge in [0.2, 0.25) is 0 Å². The Balaban J connectivity index is 2.88. The van der Waals surface area contributed by atoms with E-state index in [0.29, 0.717) is 0 Å². The molecule has 1 amide bonds. The van der Waals surface area contributed by atoms with Gasteiger partial charge in [-0.05, 0) is 26.8 Å². The van der Waals surface area contributed by atoms with E-state index in [0.717, 1.165) is 0 Å². The first-order valence-electron chi connectivity index (χ1n) is 6.13. The van der Waals surface area contributed by atoms with Crippen LogP contribution >= 0.6 is 0 Å². The van der Waals surface area contributed by atoms with Crippen LogP contribution in [-0.2, 0) is 9.53 Å². The van der Waals surface area contributed by atoms with Crippen LogP contribution in [0.2, 0.25) is 0 Å². The minimum Gasteiger partial charge on any atom is -0.550 e. The number of carboxylic acids is 1. The van der Waals surface area contributed by atoms with Crippen LogP contribution in [0.5, 0.6) is 0 Å². The number of benzene rings is 1. The SMILES string of the molecule is CC(C)(C)OC(=O)N[C@H](CC(=O)[O-])c1ccccc1F. The van der Waals surface area contributed by atoms with E-state index in [1.54, 1.807) is 26.8 Å². The Morgan fingerprint density at radius 3 is 2.45 bits per heavy atom. The van der Waals surface area contributed by atoms with Crippen LogP contribution in [0.4, 0.5) is 9.18 Å². The van der Waals surface area contributed by atoms with Crippen LogP contribution in [0, 0.1) is 5.82 Å². The van der Waals surface area contributed by atoms with Crippen molar-refractivity contribution in [2.45, 2.75) is 38.8 Å². The van der Waals surface area contributed by atoms with Crippen molar-refractivity contribution in [1.29, 1.82) is 0 Å². The van der Waals surface area contributed by atoms with Gasteiger partial charge in [-0.1, -0.05) is 18.2 Å². The lowest BCUT2D eigenvalue weighted by atomic mass is 10.0. The third-order valence-electron chi connectivity index (χ3n) is 2.34. The van der Waals surface area contributed by atoms with Crippen molar-refractivity contribution in [3.05, 3.63) is 35.6 Å². The van der Waals surface area contributed by atoms with Crippen molar-refractivity contribution in [1.82, 2.24) is 5.32 Å². The number of ether oxygens (including phenoxy) is 1. The molecule has 6 heteroatoms. The van der Waals surface area contributed by atoms with Crippen LogP contribution in [-0.4, -0.2) is 17.7 Å². The number of amides is 1. The second-order valence-electron chi connectivity index (χ2n) is 5.30. The standard InChI is InChI=1S/C14H18FNO4/c1-14(2,3)20-13(19)16-11(8-12(17)18)9-6-4-5-7-10(9)15/h4-7,11H,8H2,1-3H3,(H,16,19)(H,17,18)/p-1/t11-/m1/s1. The van der Waals surface area contributed by atoms with E-state index in [1.165, 1.54) is 18.2 Å². The summed E-state index contributed by atoms with van der Waals surface area (Å²) in [6.45, 7) is 5.01. The Bertz CT molecular complexity index is 496. The van der Waals surface area contributed by atoms with Crippen molar-refractivity contribution in [2.24, 2.45) is 0 Å². The quantitative estimate of drug-likeness (QED) is 0.908. The zero-order chi connectivity index (χ0) is 15.3. The van der Waals surface area contributed by atoms with Crippen LogP contribution < -0.4 is 10.4 Å². The number of rotatable bonds is 4. The molecule has 0 fully saturated rings. The highest BCUT2D eigenvalue weighted by Gasteiger charge is 2.22. The van der Waals surface area contributed by atoms with Gasteiger partial charge in [0.15, 0.2) is 0 Å². The molecule has 0 heterocycles. The Morgan fingerprint density at radius 2 is 1.95 bits per heavy atom. The van der Waals surface area contributed by atoms with Crippen LogP contribution in [0.25, 0.3) is 0 Å². The third kappa shape index (κ3) is 5.26. The smallest absolute Gasteiger partial charge is 0.408 e. The summed E-state index contributed by atoms with van der Waals surface area (Å²) in [5, 5.41) is 13.1. The maximum absolute atomic E-state index is 13.7. The van der Waals surface area contributed by atoms with Crippen molar-refractivity contribution < 1.29 is 23.8 Å². The predicted octanol–water partition coefficient (Wildman–Crippen LogP) is 1.53. The van der Waals surface area contributed by atoms with E-state index in [4.69, 9.17) is 4.74 Å². The van der Waals surface area contributed by atoms with Gasteiger partial charge in [0.25, 0.3) is 0 Å². The molecule has 1 aromatic rings. The molecular formula is C14H17FNO4-. The number of carbonyl (C=O) groups is 2. The molecule has 5 nitrogen and oxygen atoms in total. The number of aliphatic carboxylic acids is 1. The molecule has 0 unspecified atom stereocenters. The number of hydrogen-bond donors (Lipinski definition) is 1. The first kappa shape index (κ1) is 15.9. The Hall–Kier alpha value is -2.11. The third-order valence-corrected chi connectivity index (χ3v) is 2.34. The van der Waals surface area contributed by atoms with E-state index in [9.17, 15) is 19.1 Å².